The van der Waals surface area contributed by atoms with Crippen LogP contribution in [0, 0.1) is 0 Å². The molecule has 4 heteroatoms. The molecule has 0 amide bonds. The van der Waals surface area contributed by atoms with E-state index in [-0.39, 0.29) is 0 Å². The number of hydrogen-bond acceptors (Lipinski definition) is 3. The van der Waals surface area contributed by atoms with Gasteiger partial charge in [-0.25, -0.2) is 0 Å². The van der Waals surface area contributed by atoms with Crippen LogP contribution in [0.2, 0.25) is 0 Å². The van der Waals surface area contributed by atoms with E-state index in [1.54, 1.807) is 0 Å². The van der Waals surface area contributed by atoms with Gasteiger partial charge in [0.25, 0.3) is 0 Å². The summed E-state index contributed by atoms with van der Waals surface area (Å²) >= 11 is 0. The van der Waals surface area contributed by atoms with Crippen LogP contribution in [-0.2, 0) is 24.9 Å². The Hall–Kier alpha value is -1.62. The zero-order valence-corrected chi connectivity index (χ0v) is 14.7. The van der Waals surface area contributed by atoms with E-state index in [0.29, 0.717) is 5.92 Å². The van der Waals surface area contributed by atoms with Crippen LogP contribution in [0.25, 0.3) is 0 Å². The lowest BCUT2D eigenvalue weighted by molar-refractivity contribution is 0.0332. The molecule has 2 aliphatic heterocycles. The van der Waals surface area contributed by atoms with Crippen molar-refractivity contribution in [2.75, 3.05) is 39.9 Å². The van der Waals surface area contributed by atoms with Gasteiger partial charge in [0.1, 0.15) is 0 Å². The molecule has 3 heterocycles. The number of ether oxygens (including phenoxy) is 1. The fourth-order valence-corrected chi connectivity index (χ4v) is 4.07. The highest BCUT2D eigenvalue weighted by Crippen LogP contribution is 2.35. The van der Waals surface area contributed by atoms with Crippen LogP contribution in [0.15, 0.2) is 36.4 Å². The second-order valence-electron chi connectivity index (χ2n) is 7.15. The largest absolute Gasteiger partial charge is 0.379 e. The Morgan fingerprint density at radius 1 is 1.08 bits per heavy atom. The summed E-state index contributed by atoms with van der Waals surface area (Å²) in [7, 11) is 4.46. The molecule has 4 nitrogen and oxygen atoms in total. The minimum absolute atomic E-state index is 0.476. The van der Waals surface area contributed by atoms with E-state index >= 15 is 0 Å². The van der Waals surface area contributed by atoms with Crippen molar-refractivity contribution in [3.8, 4) is 0 Å². The van der Waals surface area contributed by atoms with Gasteiger partial charge in [0.2, 0.25) is 0 Å². The first-order chi connectivity index (χ1) is 11.7. The highest BCUT2D eigenvalue weighted by atomic mass is 16.5. The highest BCUT2D eigenvalue weighted by Gasteiger charge is 2.28. The van der Waals surface area contributed by atoms with E-state index in [9.17, 15) is 0 Å². The Bertz CT molecular complexity index is 688. The Morgan fingerprint density at radius 3 is 2.58 bits per heavy atom. The molecule has 2 aliphatic rings. The van der Waals surface area contributed by atoms with Gasteiger partial charge < -0.3 is 9.30 Å². The van der Waals surface area contributed by atoms with Crippen molar-refractivity contribution in [3.05, 3.63) is 58.9 Å². The maximum atomic E-state index is 5.48. The van der Waals surface area contributed by atoms with Gasteiger partial charge in [0, 0.05) is 57.1 Å². The second-order valence-corrected chi connectivity index (χ2v) is 7.15. The predicted molar refractivity (Wildman–Crippen MR) is 96.1 cm³/mol. The van der Waals surface area contributed by atoms with Gasteiger partial charge in [-0.05, 0) is 24.2 Å². The molecule has 1 fully saturated rings. The van der Waals surface area contributed by atoms with Crippen LogP contribution in [-0.4, -0.2) is 54.3 Å². The Labute approximate surface area is 144 Å². The minimum Gasteiger partial charge on any atom is -0.379 e. The van der Waals surface area contributed by atoms with E-state index in [0.717, 1.165) is 45.9 Å². The first-order valence-corrected chi connectivity index (χ1v) is 8.93. The zero-order chi connectivity index (χ0) is 16.5. The SMILES string of the molecule is CN1Cc2c(cc(CN3CCOCC3)n2C)C(c2ccccc2)C1. The maximum absolute atomic E-state index is 5.48. The quantitative estimate of drug-likeness (QED) is 0.865. The summed E-state index contributed by atoms with van der Waals surface area (Å²) in [4.78, 5) is 4.95. The van der Waals surface area contributed by atoms with Crippen LogP contribution in [0.3, 0.4) is 0 Å². The molecule has 1 aromatic heterocycles. The van der Waals surface area contributed by atoms with Crippen molar-refractivity contribution in [2.45, 2.75) is 19.0 Å². The van der Waals surface area contributed by atoms with Crippen LogP contribution in [0.4, 0.5) is 0 Å². The number of fused-ring (bicyclic) bond motifs is 1. The summed E-state index contributed by atoms with van der Waals surface area (Å²) in [5.74, 6) is 0.476. The first-order valence-electron chi connectivity index (χ1n) is 8.93. The molecule has 1 unspecified atom stereocenters. The second kappa shape index (κ2) is 6.71. The highest BCUT2D eigenvalue weighted by molar-refractivity contribution is 5.40. The van der Waals surface area contributed by atoms with Gasteiger partial charge in [-0.15, -0.1) is 0 Å². The molecule has 1 atom stereocenters. The molecule has 1 saturated heterocycles. The first kappa shape index (κ1) is 15.9. The molecule has 0 radical (unpaired) electrons. The van der Waals surface area contributed by atoms with Gasteiger partial charge in [0.15, 0.2) is 0 Å². The molecule has 0 aliphatic carbocycles. The molecule has 0 N–H and O–H groups in total. The van der Waals surface area contributed by atoms with Crippen LogP contribution in [0.5, 0.6) is 0 Å². The lowest BCUT2D eigenvalue weighted by Crippen LogP contribution is -2.36. The van der Waals surface area contributed by atoms with Crippen molar-refractivity contribution < 1.29 is 4.74 Å². The van der Waals surface area contributed by atoms with Crippen molar-refractivity contribution in [2.24, 2.45) is 7.05 Å². The van der Waals surface area contributed by atoms with E-state index in [4.69, 9.17) is 4.74 Å². The van der Waals surface area contributed by atoms with Crippen LogP contribution >= 0.6 is 0 Å². The average molecular weight is 325 g/mol. The molecule has 128 valence electrons. The summed E-state index contributed by atoms with van der Waals surface area (Å²) in [6.07, 6.45) is 0. The monoisotopic (exact) mass is 325 g/mol. The van der Waals surface area contributed by atoms with E-state index in [1.807, 2.05) is 0 Å². The van der Waals surface area contributed by atoms with Gasteiger partial charge in [-0.2, -0.15) is 0 Å². The topological polar surface area (TPSA) is 20.6 Å². The summed E-state index contributed by atoms with van der Waals surface area (Å²) in [6.45, 7) is 6.96. The predicted octanol–water partition coefficient (Wildman–Crippen LogP) is 2.43. The summed E-state index contributed by atoms with van der Waals surface area (Å²) in [5.41, 5.74) is 5.85. The van der Waals surface area contributed by atoms with Gasteiger partial charge in [-0.3, -0.25) is 9.80 Å². The van der Waals surface area contributed by atoms with Gasteiger partial charge in [0.05, 0.1) is 13.2 Å². The third-order valence-electron chi connectivity index (χ3n) is 5.47. The van der Waals surface area contributed by atoms with Crippen LogP contribution < -0.4 is 0 Å². The Balaban J connectivity index is 1.66. The summed E-state index contributed by atoms with van der Waals surface area (Å²) in [6, 6.07) is 13.4. The molecule has 24 heavy (non-hydrogen) atoms. The van der Waals surface area contributed by atoms with Crippen molar-refractivity contribution in [1.82, 2.24) is 14.4 Å². The third-order valence-corrected chi connectivity index (χ3v) is 5.47. The number of aromatic nitrogens is 1. The normalized spacial score (nSPS) is 22.5. The molecule has 0 bridgehead atoms. The standard InChI is InChI=1S/C20H27N3O/c1-21-14-19(16-6-4-3-5-7-16)18-12-17(22(2)20(18)15-21)13-23-8-10-24-11-9-23/h3-7,12,19H,8-11,13-15H2,1-2H3. The number of hydrogen-bond donors (Lipinski definition) is 0. The van der Waals surface area contributed by atoms with E-state index in [2.05, 4.69) is 64.9 Å². The number of likely N-dealkylation sites (N-methyl/N-ethyl adjacent to an activating group) is 1. The fourth-order valence-electron chi connectivity index (χ4n) is 4.07. The maximum Gasteiger partial charge on any atom is 0.0594 e. The average Bonchev–Trinajstić information content (AvgIpc) is 2.92. The minimum atomic E-state index is 0.476. The van der Waals surface area contributed by atoms with E-state index < -0.39 is 0 Å². The number of benzene rings is 1. The van der Waals surface area contributed by atoms with Gasteiger partial charge >= 0.3 is 0 Å². The molecule has 1 aromatic carbocycles. The molecule has 0 saturated carbocycles. The Morgan fingerprint density at radius 2 is 1.83 bits per heavy atom. The fraction of sp³-hybridized carbons (Fsp3) is 0.500. The van der Waals surface area contributed by atoms with E-state index in [1.165, 1.54) is 22.5 Å². The van der Waals surface area contributed by atoms with Crippen molar-refractivity contribution in [1.29, 1.82) is 0 Å². The number of morpholine rings is 1. The lowest BCUT2D eigenvalue weighted by Gasteiger charge is -2.31. The lowest BCUT2D eigenvalue weighted by atomic mass is 9.88. The smallest absolute Gasteiger partial charge is 0.0594 e. The van der Waals surface area contributed by atoms with Crippen molar-refractivity contribution in [3.63, 3.8) is 0 Å². The molecule has 2 aromatic rings. The summed E-state index contributed by atoms with van der Waals surface area (Å²) in [5, 5.41) is 0. The Kier molecular flexibility index (Phi) is 4.44. The van der Waals surface area contributed by atoms with Crippen molar-refractivity contribution >= 4 is 0 Å². The molecule has 4 rings (SSSR count). The molecule has 0 spiro atoms. The zero-order valence-electron chi connectivity index (χ0n) is 14.7. The molecular formula is C20H27N3O. The third kappa shape index (κ3) is 3.02. The van der Waals surface area contributed by atoms with Gasteiger partial charge in [-0.1, -0.05) is 30.3 Å². The number of nitrogens with zero attached hydrogens (tertiary/aromatic N) is 3. The van der Waals surface area contributed by atoms with Crippen LogP contribution in [0.1, 0.15) is 28.4 Å². The molecular weight excluding hydrogens is 298 g/mol. The number of rotatable bonds is 3. The summed E-state index contributed by atoms with van der Waals surface area (Å²) < 4.78 is 7.91.